The summed E-state index contributed by atoms with van der Waals surface area (Å²) in [5.74, 6) is 1.05. The first-order valence-corrected chi connectivity index (χ1v) is 10.1. The van der Waals surface area contributed by atoms with Crippen LogP contribution in [0.3, 0.4) is 0 Å². The highest BCUT2D eigenvalue weighted by Gasteiger charge is 2.23. The summed E-state index contributed by atoms with van der Waals surface area (Å²) in [6, 6.07) is 11.2. The molecule has 0 bridgehead atoms. The van der Waals surface area contributed by atoms with E-state index in [0.29, 0.717) is 39.5 Å². The molecule has 0 fully saturated rings. The Morgan fingerprint density at radius 1 is 0.735 bits per heavy atom. The number of rotatable bonds is 7. The fourth-order valence-electron chi connectivity index (χ4n) is 3.81. The van der Waals surface area contributed by atoms with E-state index in [1.807, 2.05) is 0 Å². The van der Waals surface area contributed by atoms with Gasteiger partial charge in [0, 0.05) is 16.8 Å². The number of benzene rings is 3. The van der Waals surface area contributed by atoms with E-state index in [-0.39, 0.29) is 22.3 Å². The maximum absolute atomic E-state index is 12.9. The smallest absolute Gasteiger partial charge is 0.351 e. The van der Waals surface area contributed by atoms with E-state index < -0.39 is 11.6 Å². The van der Waals surface area contributed by atoms with Crippen molar-refractivity contribution >= 4 is 27.7 Å². The standard InChI is InChI=1S/C25H22O9/c1-28-16-7-6-8-17(29-2)21(16)25(27)33-13-9-10-14-18(11-13)34-24(26)15-12-19(30-3)22(31-4)23(32-5)20(14)15/h6-12H,1-5H3. The van der Waals surface area contributed by atoms with Gasteiger partial charge >= 0.3 is 11.6 Å². The average molecular weight is 466 g/mol. The highest BCUT2D eigenvalue weighted by atomic mass is 16.5. The van der Waals surface area contributed by atoms with Gasteiger partial charge in [0.25, 0.3) is 0 Å². The highest BCUT2D eigenvalue weighted by Crippen LogP contribution is 2.45. The van der Waals surface area contributed by atoms with Crippen molar-refractivity contribution in [1.82, 2.24) is 0 Å². The number of hydrogen-bond donors (Lipinski definition) is 0. The lowest BCUT2D eigenvalue weighted by molar-refractivity contribution is 0.0727. The zero-order chi connectivity index (χ0) is 24.4. The van der Waals surface area contributed by atoms with Crippen LogP contribution in [0.25, 0.3) is 21.7 Å². The Morgan fingerprint density at radius 2 is 1.38 bits per heavy atom. The third-order valence-electron chi connectivity index (χ3n) is 5.32. The predicted molar refractivity (Wildman–Crippen MR) is 124 cm³/mol. The molecule has 0 spiro atoms. The molecule has 0 saturated heterocycles. The third-order valence-corrected chi connectivity index (χ3v) is 5.32. The first-order valence-electron chi connectivity index (χ1n) is 10.1. The fourth-order valence-corrected chi connectivity index (χ4v) is 3.81. The van der Waals surface area contributed by atoms with Gasteiger partial charge < -0.3 is 32.8 Å². The maximum Gasteiger partial charge on any atom is 0.351 e. The van der Waals surface area contributed by atoms with Gasteiger partial charge in [-0.05, 0) is 30.3 Å². The monoisotopic (exact) mass is 466 g/mol. The fraction of sp³-hybridized carbons (Fsp3) is 0.200. The summed E-state index contributed by atoms with van der Waals surface area (Å²) in [5.41, 5.74) is -0.289. The van der Waals surface area contributed by atoms with Gasteiger partial charge in [0.1, 0.15) is 28.4 Å². The molecule has 0 aliphatic rings. The van der Waals surface area contributed by atoms with Gasteiger partial charge in [0.15, 0.2) is 11.5 Å². The van der Waals surface area contributed by atoms with Crippen molar-refractivity contribution in [2.45, 2.75) is 0 Å². The molecule has 4 rings (SSSR count). The summed E-state index contributed by atoms with van der Waals surface area (Å²) >= 11 is 0. The number of methoxy groups -OCH3 is 5. The number of hydrogen-bond acceptors (Lipinski definition) is 9. The molecule has 0 atom stereocenters. The Kier molecular flexibility index (Phi) is 6.18. The lowest BCUT2D eigenvalue weighted by Gasteiger charge is -2.15. The zero-order valence-corrected chi connectivity index (χ0v) is 19.2. The molecule has 176 valence electrons. The van der Waals surface area contributed by atoms with E-state index in [1.165, 1.54) is 47.7 Å². The van der Waals surface area contributed by atoms with Gasteiger partial charge in [-0.3, -0.25) is 0 Å². The van der Waals surface area contributed by atoms with Gasteiger partial charge in [0.2, 0.25) is 5.75 Å². The molecule has 0 aliphatic carbocycles. The van der Waals surface area contributed by atoms with Crippen LogP contribution in [0.5, 0.6) is 34.5 Å². The molecule has 1 heterocycles. The van der Waals surface area contributed by atoms with Crippen molar-refractivity contribution in [1.29, 1.82) is 0 Å². The lowest BCUT2D eigenvalue weighted by Crippen LogP contribution is -2.12. The molecule has 0 unspecified atom stereocenters. The Bertz CT molecular complexity index is 1430. The topological polar surface area (TPSA) is 103 Å². The first-order chi connectivity index (χ1) is 16.5. The highest BCUT2D eigenvalue weighted by molar-refractivity contribution is 6.10. The van der Waals surface area contributed by atoms with Crippen LogP contribution in [0.4, 0.5) is 0 Å². The Labute approximate surface area is 194 Å². The molecule has 34 heavy (non-hydrogen) atoms. The van der Waals surface area contributed by atoms with Crippen LogP contribution >= 0.6 is 0 Å². The molecule has 1 aromatic heterocycles. The van der Waals surface area contributed by atoms with Crippen LogP contribution in [0.15, 0.2) is 51.7 Å². The van der Waals surface area contributed by atoms with E-state index in [9.17, 15) is 9.59 Å². The average Bonchev–Trinajstić information content (AvgIpc) is 2.86. The summed E-state index contributed by atoms with van der Waals surface area (Å²) in [6.07, 6.45) is 0. The van der Waals surface area contributed by atoms with Gasteiger partial charge in [-0.2, -0.15) is 0 Å². The van der Waals surface area contributed by atoms with Gasteiger partial charge in [-0.15, -0.1) is 0 Å². The number of esters is 1. The van der Waals surface area contributed by atoms with Crippen LogP contribution in [0.2, 0.25) is 0 Å². The van der Waals surface area contributed by atoms with Crippen LogP contribution in [-0.2, 0) is 0 Å². The van der Waals surface area contributed by atoms with Gasteiger partial charge in [-0.25, -0.2) is 9.59 Å². The van der Waals surface area contributed by atoms with Crippen molar-refractivity contribution < 1.29 is 37.6 Å². The van der Waals surface area contributed by atoms with Crippen molar-refractivity contribution in [3.63, 3.8) is 0 Å². The van der Waals surface area contributed by atoms with E-state index in [4.69, 9.17) is 32.8 Å². The van der Waals surface area contributed by atoms with E-state index in [0.717, 1.165) is 0 Å². The van der Waals surface area contributed by atoms with Crippen molar-refractivity contribution in [3.05, 3.63) is 58.4 Å². The van der Waals surface area contributed by atoms with E-state index in [2.05, 4.69) is 0 Å². The molecule has 0 radical (unpaired) electrons. The second-order valence-electron chi connectivity index (χ2n) is 7.04. The molecule has 3 aromatic carbocycles. The maximum atomic E-state index is 12.9. The number of fused-ring (bicyclic) bond motifs is 3. The summed E-state index contributed by atoms with van der Waals surface area (Å²) in [6.45, 7) is 0. The largest absolute Gasteiger partial charge is 0.496 e. The molecular formula is C25H22O9. The van der Waals surface area contributed by atoms with E-state index in [1.54, 1.807) is 30.3 Å². The van der Waals surface area contributed by atoms with E-state index >= 15 is 0 Å². The normalized spacial score (nSPS) is 10.7. The van der Waals surface area contributed by atoms with Gasteiger partial charge in [0.05, 0.1) is 40.9 Å². The Morgan fingerprint density at radius 3 is 1.97 bits per heavy atom. The molecule has 4 aromatic rings. The quantitative estimate of drug-likeness (QED) is 0.171. The molecule has 0 aliphatic heterocycles. The van der Waals surface area contributed by atoms with Crippen LogP contribution in [-0.4, -0.2) is 41.5 Å². The summed E-state index contributed by atoms with van der Waals surface area (Å²) in [4.78, 5) is 25.7. The van der Waals surface area contributed by atoms with Crippen molar-refractivity contribution in [2.75, 3.05) is 35.5 Å². The third kappa shape index (κ3) is 3.71. The SMILES string of the molecule is COc1cc2c(=O)oc3cc(OC(=O)c4c(OC)cccc4OC)ccc3c2c(OC)c1OC. The minimum Gasteiger partial charge on any atom is -0.496 e. The summed E-state index contributed by atoms with van der Waals surface area (Å²) in [5, 5.41) is 1.29. The van der Waals surface area contributed by atoms with Crippen LogP contribution in [0, 0.1) is 0 Å². The second-order valence-corrected chi connectivity index (χ2v) is 7.04. The number of ether oxygens (including phenoxy) is 6. The molecule has 9 nitrogen and oxygen atoms in total. The zero-order valence-electron chi connectivity index (χ0n) is 19.2. The molecule has 0 saturated carbocycles. The Balaban J connectivity index is 1.86. The minimum atomic E-state index is -0.694. The molecular weight excluding hydrogens is 444 g/mol. The van der Waals surface area contributed by atoms with Crippen LogP contribution in [0.1, 0.15) is 10.4 Å². The second kappa shape index (κ2) is 9.22. The lowest BCUT2D eigenvalue weighted by atomic mass is 10.0. The number of carbonyl (C=O) groups is 1. The van der Waals surface area contributed by atoms with Crippen LogP contribution < -0.4 is 34.0 Å². The summed E-state index contributed by atoms with van der Waals surface area (Å²) < 4.78 is 37.9. The minimum absolute atomic E-state index is 0.131. The molecule has 9 heteroatoms. The number of carbonyl (C=O) groups excluding carboxylic acids is 1. The summed E-state index contributed by atoms with van der Waals surface area (Å²) in [7, 11) is 7.29. The van der Waals surface area contributed by atoms with Crippen molar-refractivity contribution in [3.8, 4) is 34.5 Å². The van der Waals surface area contributed by atoms with Gasteiger partial charge in [-0.1, -0.05) is 6.07 Å². The predicted octanol–water partition coefficient (Wildman–Crippen LogP) is 4.21. The first kappa shape index (κ1) is 22.8. The van der Waals surface area contributed by atoms with Crippen molar-refractivity contribution in [2.24, 2.45) is 0 Å². The Hall–Kier alpha value is -4.40. The molecule has 0 amide bonds. The molecule has 0 N–H and O–H groups in total.